The number of aromatic hydroxyl groups is 1. The Morgan fingerprint density at radius 3 is 2.40 bits per heavy atom. The quantitative estimate of drug-likeness (QED) is 0.254. The van der Waals surface area contributed by atoms with E-state index in [9.17, 15) is 14.7 Å². The SMILES string of the molecule is O=C(OCc1ccccc1)N1CCCC(C=Cc2c(O)n(-c3ccc(Oc4ccccc4)cc3)c(=S)[nH]c2=O)C1. The lowest BCUT2D eigenvalue weighted by Crippen LogP contribution is -2.39. The first-order valence-electron chi connectivity index (χ1n) is 13.0. The largest absolute Gasteiger partial charge is 0.494 e. The van der Waals surface area contributed by atoms with Gasteiger partial charge in [0.05, 0.1) is 11.3 Å². The van der Waals surface area contributed by atoms with Crippen molar-refractivity contribution in [2.24, 2.45) is 5.92 Å². The number of H-pyrrole nitrogens is 1. The van der Waals surface area contributed by atoms with Crippen molar-refractivity contribution in [1.82, 2.24) is 14.5 Å². The molecule has 0 aliphatic carbocycles. The summed E-state index contributed by atoms with van der Waals surface area (Å²) in [5.74, 6) is 1.06. The first-order chi connectivity index (χ1) is 19.5. The zero-order chi connectivity index (χ0) is 27.9. The number of likely N-dealkylation sites (tertiary alicyclic amines) is 1. The van der Waals surface area contributed by atoms with Crippen molar-refractivity contribution in [2.75, 3.05) is 13.1 Å². The van der Waals surface area contributed by atoms with E-state index in [0.29, 0.717) is 30.3 Å². The molecule has 1 unspecified atom stereocenters. The summed E-state index contributed by atoms with van der Waals surface area (Å²) >= 11 is 5.35. The van der Waals surface area contributed by atoms with Gasteiger partial charge in [-0.25, -0.2) is 4.79 Å². The van der Waals surface area contributed by atoms with Gasteiger partial charge in [0.2, 0.25) is 5.88 Å². The average Bonchev–Trinajstić information content (AvgIpc) is 2.98. The van der Waals surface area contributed by atoms with Crippen LogP contribution < -0.4 is 10.3 Å². The third kappa shape index (κ3) is 6.50. The van der Waals surface area contributed by atoms with Gasteiger partial charge >= 0.3 is 6.09 Å². The summed E-state index contributed by atoms with van der Waals surface area (Å²) in [6.07, 6.45) is 4.73. The van der Waals surface area contributed by atoms with Crippen LogP contribution in [0.1, 0.15) is 24.0 Å². The Labute approximate surface area is 236 Å². The topological polar surface area (TPSA) is 96.8 Å². The van der Waals surface area contributed by atoms with Gasteiger partial charge in [-0.3, -0.25) is 14.3 Å². The minimum Gasteiger partial charge on any atom is -0.494 e. The fourth-order valence-electron chi connectivity index (χ4n) is 4.59. The molecule has 9 heteroatoms. The summed E-state index contributed by atoms with van der Waals surface area (Å²) in [6, 6.07) is 26.0. The Kier molecular flexibility index (Phi) is 8.41. The van der Waals surface area contributed by atoms with E-state index < -0.39 is 5.56 Å². The lowest BCUT2D eigenvalue weighted by atomic mass is 9.97. The lowest BCUT2D eigenvalue weighted by Gasteiger charge is -2.30. The summed E-state index contributed by atoms with van der Waals surface area (Å²) in [6.45, 7) is 1.29. The summed E-state index contributed by atoms with van der Waals surface area (Å²) in [5.41, 5.74) is 1.09. The molecular formula is C31H29N3O5S. The van der Waals surface area contributed by atoms with E-state index in [0.717, 1.165) is 18.4 Å². The second-order valence-corrected chi connectivity index (χ2v) is 9.88. The maximum Gasteiger partial charge on any atom is 0.410 e. The zero-order valence-corrected chi connectivity index (χ0v) is 22.5. The fourth-order valence-corrected chi connectivity index (χ4v) is 4.88. The predicted molar refractivity (Wildman–Crippen MR) is 155 cm³/mol. The van der Waals surface area contributed by atoms with Gasteiger partial charge in [0.25, 0.3) is 5.56 Å². The van der Waals surface area contributed by atoms with Crippen molar-refractivity contribution < 1.29 is 19.4 Å². The van der Waals surface area contributed by atoms with Crippen molar-refractivity contribution >= 4 is 24.4 Å². The van der Waals surface area contributed by atoms with E-state index >= 15 is 0 Å². The van der Waals surface area contributed by atoms with Crippen LogP contribution in [0.2, 0.25) is 0 Å². The Bertz CT molecular complexity index is 1600. The number of carbonyl (C=O) groups is 1. The fraction of sp³-hybridized carbons (Fsp3) is 0.194. The van der Waals surface area contributed by atoms with Crippen LogP contribution in [0.4, 0.5) is 4.79 Å². The summed E-state index contributed by atoms with van der Waals surface area (Å²) in [5, 5.41) is 11.1. The van der Waals surface area contributed by atoms with Crippen LogP contribution in [-0.4, -0.2) is 38.7 Å². The van der Waals surface area contributed by atoms with Crippen LogP contribution in [0.5, 0.6) is 17.4 Å². The highest BCUT2D eigenvalue weighted by Gasteiger charge is 2.23. The molecule has 0 bridgehead atoms. The molecule has 40 heavy (non-hydrogen) atoms. The molecule has 0 saturated carbocycles. The molecule has 0 spiro atoms. The molecule has 1 aliphatic rings. The van der Waals surface area contributed by atoms with Crippen LogP contribution in [0, 0.1) is 10.7 Å². The zero-order valence-electron chi connectivity index (χ0n) is 21.7. The van der Waals surface area contributed by atoms with Gasteiger partial charge in [-0.15, -0.1) is 0 Å². The van der Waals surface area contributed by atoms with Crippen LogP contribution in [0.3, 0.4) is 0 Å². The average molecular weight is 556 g/mol. The lowest BCUT2D eigenvalue weighted by molar-refractivity contribution is 0.0836. The molecule has 1 aromatic heterocycles. The minimum atomic E-state index is -0.492. The number of benzene rings is 3. The number of aromatic nitrogens is 2. The highest BCUT2D eigenvalue weighted by Crippen LogP contribution is 2.26. The second-order valence-electron chi connectivity index (χ2n) is 9.49. The molecule has 204 valence electrons. The molecule has 5 rings (SSSR count). The van der Waals surface area contributed by atoms with Crippen molar-refractivity contribution in [1.29, 1.82) is 0 Å². The number of piperidine rings is 1. The van der Waals surface area contributed by atoms with Crippen molar-refractivity contribution in [2.45, 2.75) is 19.4 Å². The van der Waals surface area contributed by atoms with E-state index in [2.05, 4.69) is 4.98 Å². The Morgan fingerprint density at radius 1 is 1.00 bits per heavy atom. The first-order valence-corrected chi connectivity index (χ1v) is 13.4. The van der Waals surface area contributed by atoms with Gasteiger partial charge in [-0.05, 0) is 79.0 Å². The monoisotopic (exact) mass is 555 g/mol. The van der Waals surface area contributed by atoms with E-state index in [4.69, 9.17) is 21.7 Å². The molecule has 2 N–H and O–H groups in total. The van der Waals surface area contributed by atoms with E-state index in [-0.39, 0.29) is 34.8 Å². The number of hydrogen-bond acceptors (Lipinski definition) is 6. The summed E-state index contributed by atoms with van der Waals surface area (Å²) in [4.78, 5) is 29.7. The maximum atomic E-state index is 12.7. The molecule has 3 aromatic carbocycles. The highest BCUT2D eigenvalue weighted by molar-refractivity contribution is 7.71. The highest BCUT2D eigenvalue weighted by atomic mass is 32.1. The van der Waals surface area contributed by atoms with Gasteiger partial charge in [0.15, 0.2) is 4.77 Å². The minimum absolute atomic E-state index is 0.00266. The van der Waals surface area contributed by atoms with Crippen LogP contribution in [0.25, 0.3) is 11.8 Å². The molecule has 1 saturated heterocycles. The van der Waals surface area contributed by atoms with Crippen LogP contribution >= 0.6 is 12.2 Å². The van der Waals surface area contributed by atoms with Gasteiger partial charge < -0.3 is 19.5 Å². The van der Waals surface area contributed by atoms with E-state index in [1.54, 1.807) is 35.2 Å². The molecule has 1 aliphatic heterocycles. The third-order valence-corrected chi connectivity index (χ3v) is 6.94. The molecule has 0 radical (unpaired) electrons. The molecule has 4 aromatic rings. The van der Waals surface area contributed by atoms with E-state index in [1.807, 2.05) is 66.7 Å². The molecule has 8 nitrogen and oxygen atoms in total. The van der Waals surface area contributed by atoms with Gasteiger partial charge in [-0.1, -0.05) is 54.6 Å². The summed E-state index contributed by atoms with van der Waals surface area (Å²) < 4.78 is 12.8. The Balaban J connectivity index is 1.29. The molecule has 2 heterocycles. The Morgan fingerprint density at radius 2 is 1.68 bits per heavy atom. The van der Waals surface area contributed by atoms with Gasteiger partial charge in [0.1, 0.15) is 18.1 Å². The Hall–Kier alpha value is -4.63. The van der Waals surface area contributed by atoms with Crippen molar-refractivity contribution in [3.05, 3.63) is 117 Å². The molecule has 1 atom stereocenters. The number of ether oxygens (including phenoxy) is 2. The number of amides is 1. The summed E-state index contributed by atoms with van der Waals surface area (Å²) in [7, 11) is 0. The van der Waals surface area contributed by atoms with Crippen molar-refractivity contribution in [3.63, 3.8) is 0 Å². The van der Waals surface area contributed by atoms with E-state index in [1.165, 1.54) is 4.57 Å². The third-order valence-electron chi connectivity index (χ3n) is 6.65. The first kappa shape index (κ1) is 27.0. The number of nitrogens with one attached hydrogen (secondary N) is 1. The molecule has 1 fully saturated rings. The standard InChI is InChI=1S/C31H29N3O5S/c35-28-27(18-13-22-10-7-19-33(20-22)31(37)38-21-23-8-3-1-4-9-23)29(36)34(30(40)32-28)24-14-16-26(17-15-24)39-25-11-5-2-6-12-25/h1-6,8-9,11-18,22,36H,7,10,19-21H2,(H,32,35,40). The number of carbonyl (C=O) groups excluding carboxylic acids is 1. The second kappa shape index (κ2) is 12.5. The molecular weight excluding hydrogens is 526 g/mol. The van der Waals surface area contributed by atoms with Crippen molar-refractivity contribution in [3.8, 4) is 23.1 Å². The van der Waals surface area contributed by atoms with Gasteiger partial charge in [-0.2, -0.15) is 0 Å². The normalized spacial score (nSPS) is 15.2. The number of rotatable bonds is 7. The van der Waals surface area contributed by atoms with Crippen LogP contribution in [-0.2, 0) is 11.3 Å². The predicted octanol–water partition coefficient (Wildman–Crippen LogP) is 6.45. The smallest absolute Gasteiger partial charge is 0.410 e. The van der Waals surface area contributed by atoms with Crippen LogP contribution in [0.15, 0.2) is 95.8 Å². The number of aromatic amines is 1. The molecule has 1 amide bonds. The number of para-hydroxylation sites is 1. The number of hydrogen-bond donors (Lipinski definition) is 2. The number of nitrogens with zero attached hydrogens (tertiary/aromatic N) is 2. The van der Waals surface area contributed by atoms with Gasteiger partial charge in [0, 0.05) is 13.1 Å². The maximum absolute atomic E-state index is 12.7.